The van der Waals surface area contributed by atoms with Gasteiger partial charge in [0.05, 0.1) is 4.58 Å². The van der Waals surface area contributed by atoms with Gasteiger partial charge in [-0.2, -0.15) is 26.3 Å². The smallest absolute Gasteiger partial charge is 0.232 e. The summed E-state index contributed by atoms with van der Waals surface area (Å²) in [6.45, 7) is 0. The minimum Gasteiger partial charge on any atom is -0.232 e. The number of rotatable bonds is 3. The highest BCUT2D eigenvalue weighted by molar-refractivity contribution is 8.47. The summed E-state index contributed by atoms with van der Waals surface area (Å²) >= 11 is 0. The molecule has 0 aromatic carbocycles. The molecule has 0 radical (unpaired) electrons. The molecule has 0 bridgehead atoms. The van der Waals surface area contributed by atoms with Crippen LogP contribution in [-0.2, 0) is 12.4 Å². The van der Waals surface area contributed by atoms with E-state index in [0.29, 0.717) is 0 Å². The van der Waals surface area contributed by atoms with Crippen LogP contribution in [0.1, 0.15) is 21.8 Å². The number of aromatic nitrogens is 2. The second-order valence-corrected chi connectivity index (χ2v) is 15.7. The molecule has 0 aliphatic heterocycles. The third-order valence-corrected chi connectivity index (χ3v) is 9.27. The maximum absolute atomic E-state index is 12.9. The van der Waals surface area contributed by atoms with Crippen LogP contribution in [0.25, 0.3) is 0 Å². The van der Waals surface area contributed by atoms with Gasteiger partial charge in [0, 0.05) is 0 Å². The fourth-order valence-electron chi connectivity index (χ4n) is 2.36. The highest BCUT2D eigenvalue weighted by atomic mass is 32.3. The van der Waals surface area contributed by atoms with Crippen molar-refractivity contribution in [2.24, 2.45) is 0 Å². The van der Waals surface area contributed by atoms with Crippen LogP contribution in [0.15, 0.2) is 6.07 Å². The Bertz CT molecular complexity index is 524. The van der Waals surface area contributed by atoms with Crippen LogP contribution >= 0.6 is 20.1 Å². The Kier molecular flexibility index (Phi) is 5.34. The lowest BCUT2D eigenvalue weighted by atomic mass is 10.3. The first-order valence-electron chi connectivity index (χ1n) is 6.32. The molecule has 0 atom stereocenters. The van der Waals surface area contributed by atoms with Crippen molar-refractivity contribution >= 4 is 20.1 Å². The van der Waals surface area contributed by atoms with Gasteiger partial charge in [0.15, 0.2) is 0 Å². The lowest BCUT2D eigenvalue weighted by Crippen LogP contribution is -2.22. The largest absolute Gasteiger partial charge is 0.433 e. The molecule has 0 unspecified atom stereocenters. The van der Waals surface area contributed by atoms with E-state index in [2.05, 4.69) is 9.97 Å². The summed E-state index contributed by atoms with van der Waals surface area (Å²) in [6.07, 6.45) is 1.13. The first-order valence-corrected chi connectivity index (χ1v) is 12.2. The van der Waals surface area contributed by atoms with Gasteiger partial charge in [0.2, 0.25) is 0 Å². The normalized spacial score (nSPS) is 15.9. The Labute approximate surface area is 134 Å². The predicted molar refractivity (Wildman–Crippen MR) is 85.5 cm³/mol. The number of hydrogen-bond donors (Lipinski definition) is 0. The van der Waals surface area contributed by atoms with Gasteiger partial charge in [0.25, 0.3) is 0 Å². The first-order chi connectivity index (χ1) is 9.94. The number of alkyl halides is 6. The number of halogens is 6. The molecule has 1 heterocycles. The van der Waals surface area contributed by atoms with Crippen LogP contribution in [0.3, 0.4) is 0 Å². The Balaban J connectivity index is 3.69. The van der Waals surface area contributed by atoms with E-state index in [4.69, 9.17) is 0 Å². The Morgan fingerprint density at radius 2 is 1.04 bits per heavy atom. The summed E-state index contributed by atoms with van der Waals surface area (Å²) in [6, 6.07) is -0.0312. The van der Waals surface area contributed by atoms with E-state index in [1.807, 2.05) is 37.5 Å². The lowest BCUT2D eigenvalue weighted by molar-refractivity contribution is -0.147. The van der Waals surface area contributed by atoms with Crippen LogP contribution in [0.4, 0.5) is 26.3 Å². The zero-order valence-electron chi connectivity index (χ0n) is 13.6. The molecule has 0 amide bonds. The standard InChI is InChI=1S/C13H20F6N2S2/c1-22(2,3)11(23(4,5)6)10-20-8(12(14,15)16)7-9(21-10)13(17,18)19/h7,11H,1-6H3. The molecule has 1 aromatic rings. The average Bonchev–Trinajstić information content (AvgIpc) is 2.21. The monoisotopic (exact) mass is 382 g/mol. The van der Waals surface area contributed by atoms with Gasteiger partial charge in [-0.1, -0.05) is 0 Å². The summed E-state index contributed by atoms with van der Waals surface area (Å²) in [4.78, 5) is 6.91. The van der Waals surface area contributed by atoms with E-state index in [9.17, 15) is 26.3 Å². The van der Waals surface area contributed by atoms with Crippen molar-refractivity contribution in [2.45, 2.75) is 16.9 Å². The van der Waals surface area contributed by atoms with Gasteiger partial charge in [-0.05, 0) is 43.6 Å². The third kappa shape index (κ3) is 5.17. The van der Waals surface area contributed by atoms with Crippen molar-refractivity contribution in [3.63, 3.8) is 0 Å². The van der Waals surface area contributed by atoms with Gasteiger partial charge in [-0.3, -0.25) is 0 Å². The lowest BCUT2D eigenvalue weighted by Gasteiger charge is -2.46. The molecule has 10 heteroatoms. The summed E-state index contributed by atoms with van der Waals surface area (Å²) < 4.78 is 77.2. The summed E-state index contributed by atoms with van der Waals surface area (Å²) in [7, 11) is -3.05. The molecule has 0 fully saturated rings. The average molecular weight is 382 g/mol. The van der Waals surface area contributed by atoms with E-state index >= 15 is 0 Å². The Morgan fingerprint density at radius 3 is 1.26 bits per heavy atom. The fourth-order valence-corrected chi connectivity index (χ4v) is 10.8. The summed E-state index contributed by atoms with van der Waals surface area (Å²) in [5, 5.41) is 0. The Morgan fingerprint density at radius 1 is 0.739 bits per heavy atom. The molecule has 0 saturated heterocycles. The molecular weight excluding hydrogens is 362 g/mol. The third-order valence-electron chi connectivity index (χ3n) is 2.82. The quantitative estimate of drug-likeness (QED) is 0.695. The van der Waals surface area contributed by atoms with E-state index in [1.165, 1.54) is 0 Å². The van der Waals surface area contributed by atoms with Crippen molar-refractivity contribution in [1.82, 2.24) is 9.97 Å². The van der Waals surface area contributed by atoms with E-state index < -0.39 is 48.4 Å². The van der Waals surface area contributed by atoms with Gasteiger partial charge in [-0.25, -0.2) is 30.0 Å². The molecule has 0 saturated carbocycles. The molecular formula is C13H20F6N2S2. The molecule has 0 spiro atoms. The van der Waals surface area contributed by atoms with Crippen LogP contribution in [0.2, 0.25) is 0 Å². The first kappa shape index (κ1) is 20.4. The van der Waals surface area contributed by atoms with Crippen molar-refractivity contribution in [2.75, 3.05) is 37.5 Å². The van der Waals surface area contributed by atoms with Gasteiger partial charge >= 0.3 is 12.4 Å². The van der Waals surface area contributed by atoms with Gasteiger partial charge in [-0.15, -0.1) is 0 Å². The summed E-state index contributed by atoms with van der Waals surface area (Å²) in [5.41, 5.74) is -3.10. The van der Waals surface area contributed by atoms with E-state index in [1.54, 1.807) is 0 Å². The summed E-state index contributed by atoms with van der Waals surface area (Å²) in [5.74, 6) is -0.364. The molecule has 0 aliphatic carbocycles. The maximum atomic E-state index is 12.9. The van der Waals surface area contributed by atoms with Crippen molar-refractivity contribution in [3.8, 4) is 0 Å². The van der Waals surface area contributed by atoms with Crippen molar-refractivity contribution in [3.05, 3.63) is 23.3 Å². The highest BCUT2D eigenvalue weighted by Crippen LogP contribution is 2.68. The van der Waals surface area contributed by atoms with Crippen LogP contribution in [0, 0.1) is 0 Å². The zero-order chi connectivity index (χ0) is 18.4. The van der Waals surface area contributed by atoms with E-state index in [-0.39, 0.29) is 11.9 Å². The SMILES string of the molecule is CS(C)(C)C(c1nc(C(F)(F)F)cc(C(F)(F)F)n1)S(C)(C)C. The highest BCUT2D eigenvalue weighted by Gasteiger charge is 2.42. The minimum absolute atomic E-state index is 0.0312. The van der Waals surface area contributed by atoms with Crippen molar-refractivity contribution < 1.29 is 26.3 Å². The molecule has 2 nitrogen and oxygen atoms in total. The molecule has 1 rings (SSSR count). The number of nitrogens with zero attached hydrogens (tertiary/aromatic N) is 2. The fraction of sp³-hybridized carbons (Fsp3) is 0.692. The van der Waals surface area contributed by atoms with Gasteiger partial charge in [0.1, 0.15) is 17.2 Å². The van der Waals surface area contributed by atoms with Crippen LogP contribution in [-0.4, -0.2) is 47.5 Å². The molecule has 23 heavy (non-hydrogen) atoms. The molecule has 0 aliphatic rings. The number of hydrogen-bond acceptors (Lipinski definition) is 2. The maximum Gasteiger partial charge on any atom is 0.433 e. The molecule has 1 aromatic heterocycles. The minimum atomic E-state index is -4.96. The second-order valence-electron chi connectivity index (χ2n) is 6.69. The second kappa shape index (κ2) is 6.02. The predicted octanol–water partition coefficient (Wildman–Crippen LogP) is 4.90. The van der Waals surface area contributed by atoms with Gasteiger partial charge < -0.3 is 0 Å². The van der Waals surface area contributed by atoms with Crippen LogP contribution in [0.5, 0.6) is 0 Å². The molecule has 0 N–H and O–H groups in total. The van der Waals surface area contributed by atoms with Crippen LogP contribution < -0.4 is 0 Å². The van der Waals surface area contributed by atoms with E-state index in [0.717, 1.165) is 0 Å². The van der Waals surface area contributed by atoms with Crippen molar-refractivity contribution in [1.29, 1.82) is 0 Å². The molecule has 136 valence electrons. The zero-order valence-corrected chi connectivity index (χ0v) is 15.3. The Hall–Kier alpha value is -0.640. The topological polar surface area (TPSA) is 25.8 Å².